The summed E-state index contributed by atoms with van der Waals surface area (Å²) in [4.78, 5) is 1.92. The van der Waals surface area contributed by atoms with E-state index < -0.39 is 0 Å². The van der Waals surface area contributed by atoms with Crippen molar-refractivity contribution in [3.8, 4) is 11.5 Å². The highest BCUT2D eigenvalue weighted by Gasteiger charge is 2.19. The predicted octanol–water partition coefficient (Wildman–Crippen LogP) is 3.03. The molecule has 2 rings (SSSR count). The first kappa shape index (κ1) is 15.3. The molecule has 0 fully saturated rings. The van der Waals surface area contributed by atoms with Crippen LogP contribution in [0.2, 0.25) is 10.0 Å². The third-order valence-corrected chi connectivity index (χ3v) is 3.62. The molecular weight excluding hydrogens is 301 g/mol. The molecule has 1 N–H and O–H groups in total. The van der Waals surface area contributed by atoms with E-state index in [1.54, 1.807) is 18.2 Å². The number of halogens is 2. The van der Waals surface area contributed by atoms with Crippen LogP contribution in [0.25, 0.3) is 11.5 Å². The third kappa shape index (κ3) is 3.30. The first-order valence-corrected chi connectivity index (χ1v) is 6.88. The lowest BCUT2D eigenvalue weighted by Gasteiger charge is -2.20. The zero-order valence-corrected chi connectivity index (χ0v) is 12.7. The lowest BCUT2D eigenvalue weighted by atomic mass is 10.2. The highest BCUT2D eigenvalue weighted by atomic mass is 35.5. The van der Waals surface area contributed by atoms with Gasteiger partial charge in [-0.2, -0.15) is 0 Å². The molecule has 0 amide bonds. The fraction of sp³-hybridized carbons (Fsp3) is 0.385. The van der Waals surface area contributed by atoms with Gasteiger partial charge in [-0.15, -0.1) is 10.2 Å². The van der Waals surface area contributed by atoms with E-state index in [4.69, 9.17) is 32.7 Å². The van der Waals surface area contributed by atoms with Gasteiger partial charge >= 0.3 is 0 Å². The predicted molar refractivity (Wildman–Crippen MR) is 77.9 cm³/mol. The van der Waals surface area contributed by atoms with Crippen LogP contribution in [0.4, 0.5) is 0 Å². The van der Waals surface area contributed by atoms with Crippen LogP contribution < -0.4 is 0 Å². The van der Waals surface area contributed by atoms with E-state index in [0.717, 1.165) is 0 Å². The maximum absolute atomic E-state index is 8.94. The quantitative estimate of drug-likeness (QED) is 0.918. The van der Waals surface area contributed by atoms with E-state index >= 15 is 0 Å². The lowest BCUT2D eigenvalue weighted by Crippen LogP contribution is -2.25. The standard InChI is InChI=1S/C13H15Cl2N3O2/c1-8(18(2)5-6-19)12-16-17-13(20-12)10-4-3-9(14)7-11(10)15/h3-4,7-8,19H,5-6H2,1-2H3. The summed E-state index contributed by atoms with van der Waals surface area (Å²) in [6.45, 7) is 2.53. The number of hydrogen-bond donors (Lipinski definition) is 1. The van der Waals surface area contributed by atoms with Gasteiger partial charge in [0.2, 0.25) is 11.8 Å². The first-order valence-electron chi connectivity index (χ1n) is 6.13. The number of aliphatic hydroxyl groups is 1. The van der Waals surface area contributed by atoms with Crippen molar-refractivity contribution in [1.82, 2.24) is 15.1 Å². The first-order chi connectivity index (χ1) is 9.52. The number of likely N-dealkylation sites (N-methyl/N-ethyl adjacent to an activating group) is 1. The topological polar surface area (TPSA) is 62.4 Å². The Hall–Kier alpha value is -1.14. The number of aromatic nitrogens is 2. The van der Waals surface area contributed by atoms with Crippen LogP contribution in [-0.2, 0) is 0 Å². The highest BCUT2D eigenvalue weighted by molar-refractivity contribution is 6.36. The van der Waals surface area contributed by atoms with Crippen LogP contribution >= 0.6 is 23.2 Å². The number of nitrogens with zero attached hydrogens (tertiary/aromatic N) is 3. The Labute approximate surface area is 127 Å². The van der Waals surface area contributed by atoms with Gasteiger partial charge in [0.1, 0.15) is 0 Å². The highest BCUT2D eigenvalue weighted by Crippen LogP contribution is 2.30. The maximum atomic E-state index is 8.94. The van der Waals surface area contributed by atoms with Gasteiger partial charge in [0.05, 0.1) is 23.2 Å². The average Bonchev–Trinajstić information content (AvgIpc) is 2.87. The molecule has 108 valence electrons. The minimum absolute atomic E-state index is 0.0743. The monoisotopic (exact) mass is 315 g/mol. The van der Waals surface area contributed by atoms with Crippen molar-refractivity contribution < 1.29 is 9.52 Å². The van der Waals surface area contributed by atoms with Gasteiger partial charge in [-0.1, -0.05) is 23.2 Å². The molecule has 1 aromatic carbocycles. The summed E-state index contributed by atoms with van der Waals surface area (Å²) in [5.41, 5.74) is 0.645. The van der Waals surface area contributed by atoms with Crippen molar-refractivity contribution in [2.24, 2.45) is 0 Å². The van der Waals surface area contributed by atoms with E-state index in [1.165, 1.54) is 0 Å². The van der Waals surface area contributed by atoms with Gasteiger partial charge in [-0.3, -0.25) is 4.90 Å². The van der Waals surface area contributed by atoms with Crippen LogP contribution in [0, 0.1) is 0 Å². The van der Waals surface area contributed by atoms with Crippen molar-refractivity contribution in [3.05, 3.63) is 34.1 Å². The molecule has 1 atom stereocenters. The van der Waals surface area contributed by atoms with Crippen LogP contribution in [0.15, 0.2) is 22.6 Å². The second-order valence-corrected chi connectivity index (χ2v) is 5.29. The van der Waals surface area contributed by atoms with Gasteiger partial charge in [-0.25, -0.2) is 0 Å². The molecule has 0 bridgehead atoms. The summed E-state index contributed by atoms with van der Waals surface area (Å²) in [5, 5.41) is 18.0. The van der Waals surface area contributed by atoms with Gasteiger partial charge in [0, 0.05) is 11.6 Å². The molecule has 1 heterocycles. The molecule has 1 aromatic heterocycles. The van der Waals surface area contributed by atoms with Crippen LogP contribution in [-0.4, -0.2) is 40.4 Å². The van der Waals surface area contributed by atoms with Gasteiger partial charge in [0.15, 0.2) is 0 Å². The summed E-state index contributed by atoms with van der Waals surface area (Å²) in [6.07, 6.45) is 0. The number of rotatable bonds is 5. The third-order valence-electron chi connectivity index (χ3n) is 3.07. The summed E-state index contributed by atoms with van der Waals surface area (Å²) >= 11 is 12.0. The molecule has 0 aliphatic rings. The number of aliphatic hydroxyl groups excluding tert-OH is 1. The molecule has 2 aromatic rings. The SMILES string of the molecule is CC(c1nnc(-c2ccc(Cl)cc2Cl)o1)N(C)CCO. The Morgan fingerprint density at radius 1 is 1.35 bits per heavy atom. The Morgan fingerprint density at radius 3 is 2.75 bits per heavy atom. The molecule has 5 nitrogen and oxygen atoms in total. The molecule has 0 aliphatic heterocycles. The molecule has 0 saturated carbocycles. The van der Waals surface area contributed by atoms with E-state index in [1.807, 2.05) is 18.9 Å². The lowest BCUT2D eigenvalue weighted by molar-refractivity contribution is 0.172. The summed E-state index contributed by atoms with van der Waals surface area (Å²) < 4.78 is 5.65. The average molecular weight is 316 g/mol. The van der Waals surface area contributed by atoms with Gasteiger partial charge in [0.25, 0.3) is 0 Å². The molecule has 0 saturated heterocycles. The Bertz CT molecular complexity index is 589. The largest absolute Gasteiger partial charge is 0.419 e. The summed E-state index contributed by atoms with van der Waals surface area (Å²) in [7, 11) is 1.88. The normalized spacial score (nSPS) is 12.9. The molecular formula is C13H15Cl2N3O2. The van der Waals surface area contributed by atoms with Gasteiger partial charge in [-0.05, 0) is 32.2 Å². The van der Waals surface area contributed by atoms with E-state index in [-0.39, 0.29) is 12.6 Å². The zero-order chi connectivity index (χ0) is 14.7. The molecule has 20 heavy (non-hydrogen) atoms. The fourth-order valence-electron chi connectivity index (χ4n) is 1.72. The molecule has 0 spiro atoms. The van der Waals surface area contributed by atoms with Crippen molar-refractivity contribution >= 4 is 23.2 Å². The minimum atomic E-state index is -0.0884. The molecule has 7 heteroatoms. The second-order valence-electron chi connectivity index (χ2n) is 4.45. The maximum Gasteiger partial charge on any atom is 0.249 e. The van der Waals surface area contributed by atoms with Gasteiger partial charge < -0.3 is 9.52 Å². The van der Waals surface area contributed by atoms with E-state index in [9.17, 15) is 0 Å². The molecule has 0 radical (unpaired) electrons. The van der Waals surface area contributed by atoms with E-state index in [2.05, 4.69) is 10.2 Å². The van der Waals surface area contributed by atoms with Crippen LogP contribution in [0.5, 0.6) is 0 Å². The fourth-order valence-corrected chi connectivity index (χ4v) is 2.20. The van der Waals surface area contributed by atoms with Crippen molar-refractivity contribution in [2.75, 3.05) is 20.2 Å². The number of benzene rings is 1. The molecule has 1 unspecified atom stereocenters. The Kier molecular flexibility index (Phi) is 4.99. The summed E-state index contributed by atoms with van der Waals surface area (Å²) in [5.74, 6) is 0.827. The second kappa shape index (κ2) is 6.54. The Morgan fingerprint density at radius 2 is 2.10 bits per heavy atom. The summed E-state index contributed by atoms with van der Waals surface area (Å²) in [6, 6.07) is 5.00. The Balaban J connectivity index is 2.24. The minimum Gasteiger partial charge on any atom is -0.419 e. The smallest absolute Gasteiger partial charge is 0.249 e. The van der Waals surface area contributed by atoms with Crippen LogP contribution in [0.3, 0.4) is 0 Å². The number of hydrogen-bond acceptors (Lipinski definition) is 5. The van der Waals surface area contributed by atoms with Crippen LogP contribution in [0.1, 0.15) is 18.9 Å². The molecule has 0 aliphatic carbocycles. The van der Waals surface area contributed by atoms with Crippen molar-refractivity contribution in [2.45, 2.75) is 13.0 Å². The van der Waals surface area contributed by atoms with Crippen molar-refractivity contribution in [1.29, 1.82) is 0 Å². The zero-order valence-electron chi connectivity index (χ0n) is 11.2. The van der Waals surface area contributed by atoms with E-state index in [0.29, 0.717) is 33.9 Å². The van der Waals surface area contributed by atoms with Crippen molar-refractivity contribution in [3.63, 3.8) is 0 Å².